The smallest absolute Gasteiger partial charge is 0.255 e. The van der Waals surface area contributed by atoms with Crippen LogP contribution in [-0.2, 0) is 0 Å². The Labute approximate surface area is 172 Å². The van der Waals surface area contributed by atoms with Crippen LogP contribution >= 0.6 is 23.2 Å². The number of phenolic OH excluding ortho intramolecular Hbond substituents is 1. The van der Waals surface area contributed by atoms with E-state index in [0.717, 1.165) is 0 Å². The van der Waals surface area contributed by atoms with E-state index in [2.05, 4.69) is 10.3 Å². The molecule has 2 N–H and O–H groups in total. The Balaban J connectivity index is 1.72. The molecule has 28 heavy (non-hydrogen) atoms. The summed E-state index contributed by atoms with van der Waals surface area (Å²) in [4.78, 5) is 16.6. The van der Waals surface area contributed by atoms with Crippen LogP contribution in [0, 0.1) is 0 Å². The van der Waals surface area contributed by atoms with Crippen molar-refractivity contribution in [1.82, 2.24) is 0 Å². The van der Waals surface area contributed by atoms with Crippen molar-refractivity contribution in [1.29, 1.82) is 0 Å². The van der Waals surface area contributed by atoms with Crippen molar-refractivity contribution in [2.45, 2.75) is 0 Å². The van der Waals surface area contributed by atoms with Crippen molar-refractivity contribution >= 4 is 46.7 Å². The van der Waals surface area contributed by atoms with Gasteiger partial charge in [-0.2, -0.15) is 0 Å². The SMILES string of the molecule is COc1cc(Cl)cc(C=Nc2ccc(NC(=O)c3cccc(Cl)c3)cc2)c1O. The molecule has 0 spiro atoms. The second kappa shape index (κ2) is 8.78. The molecule has 3 aromatic rings. The first-order chi connectivity index (χ1) is 13.5. The predicted octanol–water partition coefficient (Wildman–Crippen LogP) is 5.71. The molecule has 3 aromatic carbocycles. The Morgan fingerprint density at radius 2 is 1.82 bits per heavy atom. The number of phenols is 1. The quantitative estimate of drug-likeness (QED) is 0.525. The minimum absolute atomic E-state index is 0.0407. The molecule has 0 aliphatic rings. The Bertz CT molecular complexity index is 1030. The van der Waals surface area contributed by atoms with E-state index in [4.69, 9.17) is 27.9 Å². The highest BCUT2D eigenvalue weighted by atomic mass is 35.5. The lowest BCUT2D eigenvalue weighted by molar-refractivity contribution is 0.102. The van der Waals surface area contributed by atoms with Gasteiger partial charge < -0.3 is 15.2 Å². The normalized spacial score (nSPS) is 10.8. The van der Waals surface area contributed by atoms with Gasteiger partial charge in [-0.1, -0.05) is 29.3 Å². The summed E-state index contributed by atoms with van der Waals surface area (Å²) in [5, 5.41) is 13.8. The van der Waals surface area contributed by atoms with Crippen LogP contribution in [0.15, 0.2) is 65.7 Å². The summed E-state index contributed by atoms with van der Waals surface area (Å²) in [5.41, 5.74) is 2.16. The van der Waals surface area contributed by atoms with Crippen molar-refractivity contribution in [3.05, 3.63) is 81.8 Å². The minimum Gasteiger partial charge on any atom is -0.504 e. The molecular weight excluding hydrogens is 399 g/mol. The van der Waals surface area contributed by atoms with Gasteiger partial charge in [0.15, 0.2) is 11.5 Å². The van der Waals surface area contributed by atoms with E-state index >= 15 is 0 Å². The monoisotopic (exact) mass is 414 g/mol. The van der Waals surface area contributed by atoms with Gasteiger partial charge in [-0.15, -0.1) is 0 Å². The summed E-state index contributed by atoms with van der Waals surface area (Å²) in [6.45, 7) is 0. The fourth-order valence-corrected chi connectivity index (χ4v) is 2.86. The van der Waals surface area contributed by atoms with E-state index in [1.807, 2.05) is 0 Å². The van der Waals surface area contributed by atoms with E-state index < -0.39 is 0 Å². The standard InChI is InChI=1S/C21H16Cl2N2O3/c1-28-19-11-16(23)10-14(20(19)26)12-24-17-5-7-18(8-6-17)25-21(27)13-3-2-4-15(22)9-13/h2-12,26H,1H3,(H,25,27). The Hall–Kier alpha value is -3.02. The number of anilines is 1. The molecule has 142 valence electrons. The lowest BCUT2D eigenvalue weighted by Crippen LogP contribution is -2.11. The second-order valence-electron chi connectivity index (χ2n) is 5.82. The maximum atomic E-state index is 12.2. The van der Waals surface area contributed by atoms with E-state index in [0.29, 0.717) is 32.5 Å². The highest BCUT2D eigenvalue weighted by Crippen LogP contribution is 2.32. The van der Waals surface area contributed by atoms with Gasteiger partial charge in [0.05, 0.1) is 12.8 Å². The first-order valence-corrected chi connectivity index (χ1v) is 8.99. The number of nitrogens with zero attached hydrogens (tertiary/aromatic N) is 1. The number of carbonyl (C=O) groups is 1. The zero-order valence-corrected chi connectivity index (χ0v) is 16.3. The number of carbonyl (C=O) groups excluding carboxylic acids is 1. The second-order valence-corrected chi connectivity index (χ2v) is 6.69. The number of hydrogen-bond acceptors (Lipinski definition) is 4. The summed E-state index contributed by atoms with van der Waals surface area (Å²) >= 11 is 11.9. The van der Waals surface area contributed by atoms with Crippen LogP contribution in [0.2, 0.25) is 10.0 Å². The average Bonchev–Trinajstić information content (AvgIpc) is 2.69. The molecule has 0 aliphatic carbocycles. The Morgan fingerprint density at radius 1 is 1.07 bits per heavy atom. The van der Waals surface area contributed by atoms with Crippen molar-refractivity contribution in [2.24, 2.45) is 4.99 Å². The Morgan fingerprint density at radius 3 is 2.50 bits per heavy atom. The van der Waals surface area contributed by atoms with Crippen LogP contribution in [0.5, 0.6) is 11.5 Å². The molecule has 0 heterocycles. The molecule has 1 amide bonds. The van der Waals surface area contributed by atoms with Gasteiger partial charge in [-0.25, -0.2) is 0 Å². The molecule has 0 atom stereocenters. The number of amides is 1. The third-order valence-electron chi connectivity index (χ3n) is 3.85. The molecule has 0 aliphatic heterocycles. The van der Waals surface area contributed by atoms with Crippen molar-refractivity contribution in [3.63, 3.8) is 0 Å². The van der Waals surface area contributed by atoms with Gasteiger partial charge in [0.1, 0.15) is 0 Å². The maximum absolute atomic E-state index is 12.2. The predicted molar refractivity (Wildman–Crippen MR) is 113 cm³/mol. The molecule has 0 bridgehead atoms. The molecule has 7 heteroatoms. The number of methoxy groups -OCH3 is 1. The largest absolute Gasteiger partial charge is 0.504 e. The highest BCUT2D eigenvalue weighted by Gasteiger charge is 2.09. The number of aromatic hydroxyl groups is 1. The van der Waals surface area contributed by atoms with Crippen LogP contribution in [-0.4, -0.2) is 24.3 Å². The van der Waals surface area contributed by atoms with Gasteiger partial charge in [-0.3, -0.25) is 9.79 Å². The third-order valence-corrected chi connectivity index (χ3v) is 4.31. The van der Waals surface area contributed by atoms with Crippen molar-refractivity contribution < 1.29 is 14.6 Å². The first kappa shape index (κ1) is 19.7. The summed E-state index contributed by atoms with van der Waals surface area (Å²) < 4.78 is 5.07. The molecule has 0 radical (unpaired) electrons. The third kappa shape index (κ3) is 4.82. The first-order valence-electron chi connectivity index (χ1n) is 8.24. The number of nitrogens with one attached hydrogen (secondary N) is 1. The molecule has 0 unspecified atom stereocenters. The lowest BCUT2D eigenvalue weighted by Gasteiger charge is -2.07. The molecule has 3 rings (SSSR count). The molecule has 0 aromatic heterocycles. The number of ether oxygens (including phenoxy) is 1. The number of benzene rings is 3. The molecule has 0 fully saturated rings. The van der Waals surface area contributed by atoms with Gasteiger partial charge in [0.25, 0.3) is 5.91 Å². The average molecular weight is 415 g/mol. The van der Waals surface area contributed by atoms with Crippen LogP contribution in [0.4, 0.5) is 11.4 Å². The van der Waals surface area contributed by atoms with Crippen LogP contribution < -0.4 is 10.1 Å². The maximum Gasteiger partial charge on any atom is 0.255 e. The zero-order chi connectivity index (χ0) is 20.1. The number of aliphatic imine (C=N–C) groups is 1. The number of rotatable bonds is 5. The van der Waals surface area contributed by atoms with Gasteiger partial charge in [-0.05, 0) is 48.5 Å². The summed E-state index contributed by atoms with van der Waals surface area (Å²) in [7, 11) is 1.45. The van der Waals surface area contributed by atoms with Crippen LogP contribution in [0.3, 0.4) is 0 Å². The lowest BCUT2D eigenvalue weighted by atomic mass is 10.2. The minimum atomic E-state index is -0.255. The van der Waals surface area contributed by atoms with E-state index in [9.17, 15) is 9.90 Å². The highest BCUT2D eigenvalue weighted by molar-refractivity contribution is 6.31. The zero-order valence-electron chi connectivity index (χ0n) is 14.8. The van der Waals surface area contributed by atoms with Gasteiger partial charge in [0, 0.05) is 39.1 Å². The van der Waals surface area contributed by atoms with Crippen molar-refractivity contribution in [2.75, 3.05) is 12.4 Å². The van der Waals surface area contributed by atoms with Crippen LogP contribution in [0.1, 0.15) is 15.9 Å². The van der Waals surface area contributed by atoms with Gasteiger partial charge in [0.2, 0.25) is 0 Å². The molecule has 5 nitrogen and oxygen atoms in total. The number of hydrogen-bond donors (Lipinski definition) is 2. The van der Waals surface area contributed by atoms with E-state index in [-0.39, 0.29) is 17.4 Å². The Kier molecular flexibility index (Phi) is 6.19. The van der Waals surface area contributed by atoms with Crippen LogP contribution in [0.25, 0.3) is 0 Å². The fraction of sp³-hybridized carbons (Fsp3) is 0.0476. The van der Waals surface area contributed by atoms with Gasteiger partial charge >= 0.3 is 0 Å². The van der Waals surface area contributed by atoms with Crippen molar-refractivity contribution in [3.8, 4) is 11.5 Å². The van der Waals surface area contributed by atoms with E-state index in [1.54, 1.807) is 54.6 Å². The summed E-state index contributed by atoms with van der Waals surface area (Å²) in [5.74, 6) is -0.0243. The molecular formula is C21H16Cl2N2O3. The fourth-order valence-electron chi connectivity index (χ4n) is 2.46. The molecule has 0 saturated carbocycles. The summed E-state index contributed by atoms with van der Waals surface area (Å²) in [6, 6.07) is 16.8. The van der Waals surface area contributed by atoms with E-state index in [1.165, 1.54) is 19.4 Å². The summed E-state index contributed by atoms with van der Waals surface area (Å²) in [6.07, 6.45) is 1.49. The topological polar surface area (TPSA) is 70.9 Å². The molecule has 0 saturated heterocycles. The number of halogens is 2.